The van der Waals surface area contributed by atoms with E-state index in [0.29, 0.717) is 22.0 Å². The Kier molecular flexibility index (Phi) is 6.35. The fourth-order valence-corrected chi connectivity index (χ4v) is 3.82. The number of nitrogens with zero attached hydrogens (tertiary/aromatic N) is 1. The molecule has 0 unspecified atom stereocenters. The molecule has 28 heavy (non-hydrogen) atoms. The molecule has 0 aromatic heterocycles. The van der Waals surface area contributed by atoms with Crippen molar-refractivity contribution in [2.45, 2.75) is 12.3 Å². The van der Waals surface area contributed by atoms with E-state index in [1.165, 1.54) is 0 Å². The van der Waals surface area contributed by atoms with Gasteiger partial charge in [-0.15, -0.1) is 0 Å². The lowest BCUT2D eigenvalue weighted by Gasteiger charge is -2.25. The maximum atomic E-state index is 12.3. The molecule has 0 saturated carbocycles. The van der Waals surface area contributed by atoms with Gasteiger partial charge in [0.1, 0.15) is 5.75 Å². The second-order valence-electron chi connectivity index (χ2n) is 6.14. The quantitative estimate of drug-likeness (QED) is 0.785. The van der Waals surface area contributed by atoms with Gasteiger partial charge in [0, 0.05) is 24.1 Å². The molecular weight excluding hydrogens is 374 g/mol. The van der Waals surface area contributed by atoms with Crippen molar-refractivity contribution < 1.29 is 14.3 Å². The molecule has 2 N–H and O–H groups in total. The number of carbonyl (C=O) groups excluding carboxylic acids is 2. The molecule has 1 atom stereocenters. The first-order valence-corrected chi connectivity index (χ1v) is 9.65. The summed E-state index contributed by atoms with van der Waals surface area (Å²) < 4.78 is 5.14. The average molecular weight is 393 g/mol. The van der Waals surface area contributed by atoms with Gasteiger partial charge in [-0.3, -0.25) is 9.59 Å². The molecule has 0 fully saturated rings. The Balaban J connectivity index is 1.72. The van der Waals surface area contributed by atoms with Crippen molar-refractivity contribution in [2.24, 2.45) is 0 Å². The monoisotopic (exact) mass is 393 g/mol. The minimum absolute atomic E-state index is 0.0690. The van der Waals surface area contributed by atoms with Gasteiger partial charge in [0.25, 0.3) is 0 Å². The molecule has 7 heteroatoms. The number of ether oxygens (including phenoxy) is 1. The number of nitrogens with one attached hydrogen (secondary N) is 2. The zero-order valence-corrected chi connectivity index (χ0v) is 16.1. The topological polar surface area (TPSA) is 91.2 Å². The highest BCUT2D eigenvalue weighted by molar-refractivity contribution is 8.03. The molecule has 2 amide bonds. The van der Waals surface area contributed by atoms with E-state index in [4.69, 9.17) is 4.74 Å². The van der Waals surface area contributed by atoms with Gasteiger partial charge in [-0.25, -0.2) is 0 Å². The van der Waals surface area contributed by atoms with Crippen LogP contribution in [0.2, 0.25) is 0 Å². The number of anilines is 1. The molecule has 0 spiro atoms. The van der Waals surface area contributed by atoms with Crippen LogP contribution in [0.4, 0.5) is 5.69 Å². The zero-order valence-electron chi connectivity index (χ0n) is 15.3. The maximum absolute atomic E-state index is 12.3. The minimum atomic E-state index is -0.302. The van der Waals surface area contributed by atoms with Crippen LogP contribution in [0.1, 0.15) is 17.9 Å². The highest BCUT2D eigenvalue weighted by atomic mass is 32.2. The summed E-state index contributed by atoms with van der Waals surface area (Å²) in [5.41, 5.74) is 2.01. The normalized spacial score (nSPS) is 16.1. The molecule has 0 radical (unpaired) electrons. The van der Waals surface area contributed by atoms with Crippen molar-refractivity contribution in [3.05, 3.63) is 70.8 Å². The number of carbonyl (C=O) groups is 2. The molecule has 1 heterocycles. The lowest BCUT2D eigenvalue weighted by molar-refractivity contribution is -0.121. The van der Waals surface area contributed by atoms with Gasteiger partial charge < -0.3 is 15.4 Å². The van der Waals surface area contributed by atoms with Gasteiger partial charge >= 0.3 is 0 Å². The average Bonchev–Trinajstić information content (AvgIpc) is 2.72. The van der Waals surface area contributed by atoms with Crippen LogP contribution in [0.3, 0.4) is 0 Å². The van der Waals surface area contributed by atoms with Crippen molar-refractivity contribution in [3.8, 4) is 11.8 Å². The zero-order chi connectivity index (χ0) is 19.9. The number of methoxy groups -OCH3 is 1. The van der Waals surface area contributed by atoms with E-state index in [2.05, 4.69) is 16.7 Å². The second kappa shape index (κ2) is 9.11. The maximum Gasteiger partial charge on any atom is 0.234 e. The van der Waals surface area contributed by atoms with Crippen LogP contribution in [-0.2, 0) is 9.59 Å². The van der Waals surface area contributed by atoms with Crippen molar-refractivity contribution in [1.82, 2.24) is 5.32 Å². The standard InChI is InChI=1S/C21H19N3O3S/c1-27-16-9-5-8-15(10-16)23-20(26)13-28-21-18(12-22)17(11-19(25)24-21)14-6-3-2-4-7-14/h2-10,17H,11,13H2,1H3,(H,23,26)(H,24,25)/t17-/m1/s1. The molecule has 3 rings (SSSR count). The SMILES string of the molecule is COc1cccc(NC(=O)CSC2=C(C#N)[C@@H](c3ccccc3)CC(=O)N2)c1. The van der Waals surface area contributed by atoms with E-state index >= 15 is 0 Å². The fourth-order valence-electron chi connectivity index (χ4n) is 2.94. The molecule has 6 nitrogen and oxygen atoms in total. The summed E-state index contributed by atoms with van der Waals surface area (Å²) in [6.07, 6.45) is 0.215. The number of allylic oxidation sites excluding steroid dienone is 1. The Morgan fingerprint density at radius 2 is 2.07 bits per heavy atom. The van der Waals surface area contributed by atoms with E-state index in [1.54, 1.807) is 31.4 Å². The van der Waals surface area contributed by atoms with Gasteiger partial charge in [0.05, 0.1) is 29.5 Å². The number of hydrogen-bond acceptors (Lipinski definition) is 5. The van der Waals surface area contributed by atoms with E-state index in [9.17, 15) is 14.9 Å². The lowest BCUT2D eigenvalue weighted by Crippen LogP contribution is -2.31. The lowest BCUT2D eigenvalue weighted by atomic mass is 9.87. The summed E-state index contributed by atoms with van der Waals surface area (Å²) in [5, 5.41) is 15.6. The van der Waals surface area contributed by atoms with Crippen molar-refractivity contribution >= 4 is 29.3 Å². The van der Waals surface area contributed by atoms with Gasteiger partial charge in [0.2, 0.25) is 11.8 Å². The summed E-state index contributed by atoms with van der Waals surface area (Å²) in [6, 6.07) is 18.7. The van der Waals surface area contributed by atoms with Crippen LogP contribution in [-0.4, -0.2) is 24.7 Å². The van der Waals surface area contributed by atoms with Crippen LogP contribution in [0.5, 0.6) is 5.75 Å². The fraction of sp³-hybridized carbons (Fsp3) is 0.190. The second-order valence-corrected chi connectivity index (χ2v) is 7.12. The van der Waals surface area contributed by atoms with Gasteiger partial charge in [-0.2, -0.15) is 5.26 Å². The van der Waals surface area contributed by atoms with Crippen LogP contribution in [0, 0.1) is 11.3 Å². The van der Waals surface area contributed by atoms with E-state index < -0.39 is 0 Å². The van der Waals surface area contributed by atoms with Crippen LogP contribution in [0.15, 0.2) is 65.2 Å². The first kappa shape index (κ1) is 19.5. The Bertz CT molecular complexity index is 951. The number of thioether (sulfide) groups is 1. The van der Waals surface area contributed by atoms with Gasteiger partial charge in [0.15, 0.2) is 0 Å². The highest BCUT2D eigenvalue weighted by Gasteiger charge is 2.29. The Labute approximate surface area is 167 Å². The minimum Gasteiger partial charge on any atom is -0.497 e. The molecule has 1 aliphatic rings. The predicted octanol–water partition coefficient (Wildman–Crippen LogP) is 3.41. The van der Waals surface area contributed by atoms with E-state index in [1.807, 2.05) is 30.3 Å². The Hall–Kier alpha value is -3.24. The summed E-state index contributed by atoms with van der Waals surface area (Å²) in [4.78, 5) is 24.4. The largest absolute Gasteiger partial charge is 0.497 e. The molecule has 0 saturated heterocycles. The highest BCUT2D eigenvalue weighted by Crippen LogP contribution is 2.35. The van der Waals surface area contributed by atoms with E-state index in [-0.39, 0.29) is 29.9 Å². The third-order valence-corrected chi connectivity index (χ3v) is 5.28. The first-order chi connectivity index (χ1) is 13.6. The van der Waals surface area contributed by atoms with Crippen molar-refractivity contribution in [3.63, 3.8) is 0 Å². The number of benzene rings is 2. The molecule has 2 aromatic rings. The van der Waals surface area contributed by atoms with Gasteiger partial charge in [-0.05, 0) is 17.7 Å². The summed E-state index contributed by atoms with van der Waals surface area (Å²) in [5.74, 6) is 0.0104. The Morgan fingerprint density at radius 3 is 2.79 bits per heavy atom. The number of nitriles is 1. The smallest absolute Gasteiger partial charge is 0.234 e. The van der Waals surface area contributed by atoms with Crippen LogP contribution < -0.4 is 15.4 Å². The Morgan fingerprint density at radius 1 is 1.29 bits per heavy atom. The molecule has 1 aliphatic heterocycles. The molecule has 0 bridgehead atoms. The number of amides is 2. The summed E-state index contributed by atoms with van der Waals surface area (Å²) in [7, 11) is 1.56. The van der Waals surface area contributed by atoms with Crippen LogP contribution >= 0.6 is 11.8 Å². The molecule has 142 valence electrons. The number of hydrogen-bond donors (Lipinski definition) is 2. The third kappa shape index (κ3) is 4.72. The van der Waals surface area contributed by atoms with Gasteiger partial charge in [-0.1, -0.05) is 48.2 Å². The van der Waals surface area contributed by atoms with E-state index in [0.717, 1.165) is 17.3 Å². The third-order valence-electron chi connectivity index (χ3n) is 4.26. The van der Waals surface area contributed by atoms with Crippen molar-refractivity contribution in [1.29, 1.82) is 5.26 Å². The molecule has 0 aliphatic carbocycles. The predicted molar refractivity (Wildman–Crippen MR) is 109 cm³/mol. The number of rotatable bonds is 6. The first-order valence-electron chi connectivity index (χ1n) is 8.66. The van der Waals surface area contributed by atoms with Crippen molar-refractivity contribution in [2.75, 3.05) is 18.2 Å². The molecule has 2 aromatic carbocycles. The summed E-state index contributed by atoms with van der Waals surface area (Å²) >= 11 is 1.15. The molecular formula is C21H19N3O3S. The van der Waals surface area contributed by atoms with Crippen LogP contribution in [0.25, 0.3) is 0 Å². The summed E-state index contributed by atoms with van der Waals surface area (Å²) in [6.45, 7) is 0.